The number of hydrogen-bond acceptors (Lipinski definition) is 5. The lowest BCUT2D eigenvalue weighted by molar-refractivity contribution is 0.0680. The fraction of sp³-hybridized carbons (Fsp3) is 0.360. The number of methoxy groups -OCH3 is 1. The molecule has 0 unspecified atom stereocenters. The number of nitrogens with zero attached hydrogens (tertiary/aromatic N) is 3. The predicted octanol–water partition coefficient (Wildman–Crippen LogP) is 4.68. The summed E-state index contributed by atoms with van der Waals surface area (Å²) < 4.78 is 24.9. The van der Waals surface area contributed by atoms with Crippen LogP contribution in [0.3, 0.4) is 0 Å². The molecule has 0 N–H and O–H groups in total. The first-order chi connectivity index (χ1) is 15.6. The second-order valence-corrected chi connectivity index (χ2v) is 8.11. The van der Waals surface area contributed by atoms with Crippen molar-refractivity contribution in [3.63, 3.8) is 0 Å². The fourth-order valence-electron chi connectivity index (χ4n) is 4.08. The van der Waals surface area contributed by atoms with Gasteiger partial charge in [0.2, 0.25) is 5.88 Å². The molecule has 7 heteroatoms. The summed E-state index contributed by atoms with van der Waals surface area (Å²) in [5, 5.41) is 4.41. The van der Waals surface area contributed by atoms with E-state index in [0.29, 0.717) is 24.6 Å². The smallest absolute Gasteiger partial charge is 0.254 e. The quantitative estimate of drug-likeness (QED) is 0.512. The first-order valence-electron chi connectivity index (χ1n) is 10.9. The van der Waals surface area contributed by atoms with Crippen molar-refractivity contribution < 1.29 is 18.4 Å². The monoisotopic (exact) mass is 437 g/mol. The summed E-state index contributed by atoms with van der Waals surface area (Å²) in [5.74, 6) is 0.00417. The number of aromatic nitrogens is 1. The molecule has 1 saturated heterocycles. The lowest BCUT2D eigenvalue weighted by Gasteiger charge is -2.24. The summed E-state index contributed by atoms with van der Waals surface area (Å²) in [6, 6.07) is 13.8. The highest BCUT2D eigenvalue weighted by Crippen LogP contribution is 2.34. The Morgan fingerprint density at radius 3 is 2.69 bits per heavy atom. The summed E-state index contributed by atoms with van der Waals surface area (Å²) in [6.07, 6.45) is 2.19. The van der Waals surface area contributed by atoms with Crippen LogP contribution in [-0.4, -0.2) is 49.3 Å². The van der Waals surface area contributed by atoms with E-state index < -0.39 is 5.82 Å². The largest absolute Gasteiger partial charge is 0.383 e. The normalized spacial score (nSPS) is 13.5. The minimum absolute atomic E-state index is 0.259. The van der Waals surface area contributed by atoms with Crippen LogP contribution in [0.15, 0.2) is 53.1 Å². The van der Waals surface area contributed by atoms with Gasteiger partial charge in [-0.25, -0.2) is 4.39 Å². The molecule has 1 amide bonds. The molecule has 3 aromatic rings. The van der Waals surface area contributed by atoms with Crippen molar-refractivity contribution in [3.05, 3.63) is 71.0 Å². The van der Waals surface area contributed by atoms with Gasteiger partial charge in [0.05, 0.1) is 18.7 Å². The molecular weight excluding hydrogens is 409 g/mol. The van der Waals surface area contributed by atoms with Crippen LogP contribution in [0.1, 0.15) is 34.3 Å². The molecule has 32 heavy (non-hydrogen) atoms. The van der Waals surface area contributed by atoms with E-state index in [-0.39, 0.29) is 12.5 Å². The maximum atomic E-state index is 13.8. The fourth-order valence-corrected chi connectivity index (χ4v) is 4.08. The lowest BCUT2D eigenvalue weighted by Crippen LogP contribution is -2.34. The number of halogens is 1. The average molecular weight is 438 g/mol. The molecule has 4 rings (SSSR count). The van der Waals surface area contributed by atoms with Gasteiger partial charge >= 0.3 is 0 Å². The summed E-state index contributed by atoms with van der Waals surface area (Å²) >= 11 is 0. The molecule has 6 nitrogen and oxygen atoms in total. The lowest BCUT2D eigenvalue weighted by atomic mass is 10.0. The van der Waals surface area contributed by atoms with Gasteiger partial charge in [0, 0.05) is 37.9 Å². The Morgan fingerprint density at radius 1 is 1.19 bits per heavy atom. The van der Waals surface area contributed by atoms with Gasteiger partial charge in [0.25, 0.3) is 5.91 Å². The molecule has 1 fully saturated rings. The molecule has 2 aromatic carbocycles. The first-order valence-corrected chi connectivity index (χ1v) is 10.9. The van der Waals surface area contributed by atoms with Crippen LogP contribution in [0, 0.1) is 12.7 Å². The summed E-state index contributed by atoms with van der Waals surface area (Å²) in [6.45, 7) is 4.84. The maximum absolute atomic E-state index is 13.8. The predicted molar refractivity (Wildman–Crippen MR) is 121 cm³/mol. The van der Waals surface area contributed by atoms with Crippen LogP contribution in [0.2, 0.25) is 0 Å². The van der Waals surface area contributed by atoms with Crippen LogP contribution in [0.25, 0.3) is 11.3 Å². The van der Waals surface area contributed by atoms with Gasteiger partial charge in [-0.15, -0.1) is 0 Å². The van der Waals surface area contributed by atoms with Crippen LogP contribution >= 0.6 is 0 Å². The van der Waals surface area contributed by atoms with Gasteiger partial charge in [0.15, 0.2) is 0 Å². The van der Waals surface area contributed by atoms with Crippen molar-refractivity contribution in [2.75, 3.05) is 38.3 Å². The van der Waals surface area contributed by atoms with Crippen LogP contribution in [-0.2, 0) is 11.3 Å². The molecule has 1 aromatic heterocycles. The zero-order chi connectivity index (χ0) is 22.5. The highest BCUT2D eigenvalue weighted by Gasteiger charge is 2.28. The number of anilines is 1. The second kappa shape index (κ2) is 9.96. The summed E-state index contributed by atoms with van der Waals surface area (Å²) in [7, 11) is 1.60. The van der Waals surface area contributed by atoms with E-state index in [1.807, 2.05) is 25.1 Å². The van der Waals surface area contributed by atoms with E-state index in [0.717, 1.165) is 48.3 Å². The topological polar surface area (TPSA) is 58.8 Å². The molecule has 168 valence electrons. The highest BCUT2D eigenvalue weighted by molar-refractivity contribution is 5.94. The number of ether oxygens (including phenoxy) is 1. The van der Waals surface area contributed by atoms with Gasteiger partial charge in [-0.1, -0.05) is 35.0 Å². The van der Waals surface area contributed by atoms with Crippen molar-refractivity contribution in [2.24, 2.45) is 0 Å². The van der Waals surface area contributed by atoms with Gasteiger partial charge in [0.1, 0.15) is 11.5 Å². The van der Waals surface area contributed by atoms with E-state index >= 15 is 0 Å². The highest BCUT2D eigenvalue weighted by atomic mass is 19.1. The Bertz CT molecular complexity index is 1080. The first kappa shape index (κ1) is 22.0. The number of benzene rings is 2. The molecule has 1 aliphatic rings. The number of hydrogen-bond donors (Lipinski definition) is 0. The third-order valence-electron chi connectivity index (χ3n) is 5.73. The van der Waals surface area contributed by atoms with Gasteiger partial charge < -0.3 is 19.1 Å². The number of rotatable bonds is 8. The number of carbonyl (C=O) groups excluding carboxylic acids is 1. The molecule has 0 spiro atoms. The van der Waals surface area contributed by atoms with E-state index in [2.05, 4.69) is 16.1 Å². The molecule has 0 atom stereocenters. The summed E-state index contributed by atoms with van der Waals surface area (Å²) in [4.78, 5) is 17.2. The van der Waals surface area contributed by atoms with Crippen molar-refractivity contribution in [2.45, 2.75) is 26.3 Å². The number of carbonyl (C=O) groups is 1. The van der Waals surface area contributed by atoms with E-state index in [9.17, 15) is 9.18 Å². The zero-order valence-corrected chi connectivity index (χ0v) is 18.5. The van der Waals surface area contributed by atoms with Crippen molar-refractivity contribution >= 4 is 11.8 Å². The molecule has 0 saturated carbocycles. The molecule has 0 bridgehead atoms. The van der Waals surface area contributed by atoms with Crippen molar-refractivity contribution in [1.29, 1.82) is 0 Å². The van der Waals surface area contributed by atoms with E-state index in [1.165, 1.54) is 12.1 Å². The Morgan fingerprint density at radius 2 is 1.97 bits per heavy atom. The minimum atomic E-state index is -0.439. The third kappa shape index (κ3) is 4.83. The van der Waals surface area contributed by atoms with E-state index in [4.69, 9.17) is 9.26 Å². The molecular formula is C25H28FN3O3. The molecule has 0 aliphatic carbocycles. The Balaban J connectivity index is 1.73. The van der Waals surface area contributed by atoms with E-state index in [1.54, 1.807) is 24.1 Å². The van der Waals surface area contributed by atoms with Crippen LogP contribution in [0.5, 0.6) is 0 Å². The molecule has 0 radical (unpaired) electrons. The molecule has 1 aliphatic heterocycles. The Labute approximate surface area is 187 Å². The van der Waals surface area contributed by atoms with Crippen molar-refractivity contribution in [1.82, 2.24) is 10.1 Å². The van der Waals surface area contributed by atoms with Crippen LogP contribution in [0.4, 0.5) is 10.3 Å². The van der Waals surface area contributed by atoms with Gasteiger partial charge in [-0.2, -0.15) is 0 Å². The van der Waals surface area contributed by atoms with Gasteiger partial charge in [-0.3, -0.25) is 4.79 Å². The second-order valence-electron chi connectivity index (χ2n) is 8.11. The minimum Gasteiger partial charge on any atom is -0.383 e. The number of aryl methyl sites for hydroxylation is 1. The van der Waals surface area contributed by atoms with Crippen molar-refractivity contribution in [3.8, 4) is 11.3 Å². The zero-order valence-electron chi connectivity index (χ0n) is 18.5. The SMILES string of the molecule is COCCN(Cc1c(-c2cccc(C)c2)noc1N1CCCC1)C(=O)c1cccc(F)c1. The maximum Gasteiger partial charge on any atom is 0.254 e. The summed E-state index contributed by atoms with van der Waals surface area (Å²) in [5.41, 5.74) is 3.95. The standard InChI is InChI=1S/C25H28FN3O3/c1-18-7-5-8-19(15-18)23-22(25(32-27-23)28-11-3-4-12-28)17-29(13-14-31-2)24(30)20-9-6-10-21(26)16-20/h5-10,15-16H,3-4,11-14,17H2,1-2H3. The number of amides is 1. The molecule has 2 heterocycles. The average Bonchev–Trinajstić information content (AvgIpc) is 3.46. The van der Waals surface area contributed by atoms with Crippen LogP contribution < -0.4 is 4.90 Å². The Hall–Kier alpha value is -3.19. The third-order valence-corrected chi connectivity index (χ3v) is 5.73. The van der Waals surface area contributed by atoms with Gasteiger partial charge in [-0.05, 0) is 44.0 Å². The Kier molecular flexibility index (Phi) is 6.85.